The zero-order valence-corrected chi connectivity index (χ0v) is 9.83. The van der Waals surface area contributed by atoms with E-state index in [9.17, 15) is 9.90 Å². The van der Waals surface area contributed by atoms with Crippen molar-refractivity contribution in [2.24, 2.45) is 5.41 Å². The van der Waals surface area contributed by atoms with Crippen molar-refractivity contribution >= 4 is 5.97 Å². The van der Waals surface area contributed by atoms with Crippen molar-refractivity contribution in [3.8, 4) is 0 Å². The van der Waals surface area contributed by atoms with Crippen molar-refractivity contribution in [3.05, 3.63) is 0 Å². The monoisotopic (exact) mass is 228 g/mol. The number of methoxy groups -OCH3 is 1. The van der Waals surface area contributed by atoms with Crippen LogP contribution in [0.2, 0.25) is 0 Å². The Labute approximate surface area is 95.9 Å². The predicted molar refractivity (Wildman–Crippen MR) is 57.9 cm³/mol. The number of esters is 1. The molecule has 2 rings (SSSR count). The molecule has 16 heavy (non-hydrogen) atoms. The molecule has 1 saturated heterocycles. The summed E-state index contributed by atoms with van der Waals surface area (Å²) < 4.78 is 10.0. The van der Waals surface area contributed by atoms with Crippen LogP contribution in [-0.2, 0) is 14.3 Å². The van der Waals surface area contributed by atoms with E-state index in [0.717, 1.165) is 38.5 Å². The summed E-state index contributed by atoms with van der Waals surface area (Å²) in [5.41, 5.74) is -1.72. The Morgan fingerprint density at radius 3 is 2.12 bits per heavy atom. The summed E-state index contributed by atoms with van der Waals surface area (Å²) in [6, 6.07) is 0. The SMILES string of the molecule is COC(=O)C1(C2(O)COC2)CCCCCC1. The third-order valence-corrected chi connectivity index (χ3v) is 4.11. The van der Waals surface area contributed by atoms with Gasteiger partial charge in [0.1, 0.15) is 11.0 Å². The molecule has 0 bridgehead atoms. The second-order valence-corrected chi connectivity index (χ2v) is 5.01. The second kappa shape index (κ2) is 4.34. The van der Waals surface area contributed by atoms with Crippen LogP contribution in [0.5, 0.6) is 0 Å². The van der Waals surface area contributed by atoms with E-state index in [1.807, 2.05) is 0 Å². The minimum atomic E-state index is -0.996. The molecular formula is C12H20O4. The molecule has 0 aromatic rings. The first-order chi connectivity index (χ1) is 7.65. The van der Waals surface area contributed by atoms with Crippen molar-refractivity contribution in [1.29, 1.82) is 0 Å². The van der Waals surface area contributed by atoms with Crippen molar-refractivity contribution in [2.75, 3.05) is 20.3 Å². The van der Waals surface area contributed by atoms with E-state index in [2.05, 4.69) is 0 Å². The summed E-state index contributed by atoms with van der Waals surface area (Å²) in [6.07, 6.45) is 5.68. The van der Waals surface area contributed by atoms with Gasteiger partial charge in [0, 0.05) is 0 Å². The third-order valence-electron chi connectivity index (χ3n) is 4.11. The predicted octanol–water partition coefficient (Wildman–Crippen LogP) is 1.26. The summed E-state index contributed by atoms with van der Waals surface area (Å²) in [4.78, 5) is 12.0. The molecule has 0 aromatic heterocycles. The van der Waals surface area contributed by atoms with E-state index in [0.29, 0.717) is 0 Å². The van der Waals surface area contributed by atoms with Crippen molar-refractivity contribution < 1.29 is 19.4 Å². The van der Waals surface area contributed by atoms with Crippen LogP contribution in [0.4, 0.5) is 0 Å². The molecule has 2 aliphatic rings. The lowest BCUT2D eigenvalue weighted by Gasteiger charge is -2.49. The number of aliphatic hydroxyl groups is 1. The van der Waals surface area contributed by atoms with Gasteiger partial charge in [0.05, 0.1) is 20.3 Å². The minimum absolute atomic E-state index is 0.264. The van der Waals surface area contributed by atoms with E-state index in [-0.39, 0.29) is 19.2 Å². The molecule has 2 fully saturated rings. The van der Waals surface area contributed by atoms with E-state index in [1.165, 1.54) is 7.11 Å². The standard InChI is InChI=1S/C12H20O4/c1-15-10(13)11(12(14)8-16-9-12)6-4-2-3-5-7-11/h14H,2-9H2,1H3. The highest BCUT2D eigenvalue weighted by atomic mass is 16.6. The summed E-state index contributed by atoms with van der Waals surface area (Å²) in [6.45, 7) is 0.532. The van der Waals surface area contributed by atoms with Crippen molar-refractivity contribution in [3.63, 3.8) is 0 Å². The first kappa shape index (κ1) is 11.9. The van der Waals surface area contributed by atoms with E-state index < -0.39 is 11.0 Å². The number of carbonyl (C=O) groups excluding carboxylic acids is 1. The molecule has 0 atom stereocenters. The van der Waals surface area contributed by atoms with Crippen LogP contribution in [0.3, 0.4) is 0 Å². The molecule has 0 aromatic carbocycles. The zero-order valence-electron chi connectivity index (χ0n) is 9.83. The van der Waals surface area contributed by atoms with Crippen LogP contribution in [0.1, 0.15) is 38.5 Å². The van der Waals surface area contributed by atoms with Crippen LogP contribution in [0.15, 0.2) is 0 Å². The fourth-order valence-corrected chi connectivity index (χ4v) is 2.96. The molecule has 0 spiro atoms. The molecule has 4 heteroatoms. The highest BCUT2D eigenvalue weighted by molar-refractivity contribution is 5.78. The molecule has 1 saturated carbocycles. The van der Waals surface area contributed by atoms with Gasteiger partial charge in [0.2, 0.25) is 0 Å². The largest absolute Gasteiger partial charge is 0.469 e. The summed E-state index contributed by atoms with van der Waals surface area (Å²) in [7, 11) is 1.40. The number of hydrogen-bond acceptors (Lipinski definition) is 4. The van der Waals surface area contributed by atoms with Crippen LogP contribution in [0.25, 0.3) is 0 Å². The van der Waals surface area contributed by atoms with Crippen LogP contribution in [-0.4, -0.2) is 37.0 Å². The molecule has 0 unspecified atom stereocenters. The van der Waals surface area contributed by atoms with Gasteiger partial charge in [-0.05, 0) is 12.8 Å². The van der Waals surface area contributed by atoms with Gasteiger partial charge in [0.15, 0.2) is 0 Å². The Bertz CT molecular complexity index is 262. The molecule has 92 valence electrons. The van der Waals surface area contributed by atoms with Gasteiger partial charge in [-0.1, -0.05) is 25.7 Å². The van der Waals surface area contributed by atoms with Gasteiger partial charge >= 0.3 is 5.97 Å². The molecule has 1 heterocycles. The number of rotatable bonds is 2. The number of carbonyl (C=O) groups is 1. The molecule has 1 aliphatic carbocycles. The normalized spacial score (nSPS) is 27.6. The van der Waals surface area contributed by atoms with Crippen molar-refractivity contribution in [2.45, 2.75) is 44.1 Å². The summed E-state index contributed by atoms with van der Waals surface area (Å²) in [5.74, 6) is -0.264. The topological polar surface area (TPSA) is 55.8 Å². The maximum absolute atomic E-state index is 12.0. The average Bonchev–Trinajstić information content (AvgIpc) is 2.51. The Morgan fingerprint density at radius 1 is 1.19 bits per heavy atom. The molecule has 0 amide bonds. The smallest absolute Gasteiger partial charge is 0.314 e. The first-order valence-electron chi connectivity index (χ1n) is 6.03. The number of hydrogen-bond donors (Lipinski definition) is 1. The van der Waals surface area contributed by atoms with E-state index in [1.54, 1.807) is 0 Å². The zero-order chi connectivity index (χ0) is 11.6. The van der Waals surface area contributed by atoms with Crippen molar-refractivity contribution in [1.82, 2.24) is 0 Å². The summed E-state index contributed by atoms with van der Waals surface area (Å²) in [5, 5.41) is 10.5. The molecule has 4 nitrogen and oxygen atoms in total. The fourth-order valence-electron chi connectivity index (χ4n) is 2.96. The maximum atomic E-state index is 12.0. The quantitative estimate of drug-likeness (QED) is 0.571. The molecular weight excluding hydrogens is 208 g/mol. The average molecular weight is 228 g/mol. The highest BCUT2D eigenvalue weighted by Gasteiger charge is 2.60. The Kier molecular flexibility index (Phi) is 3.22. The molecule has 0 radical (unpaired) electrons. The highest BCUT2D eigenvalue weighted by Crippen LogP contribution is 2.48. The summed E-state index contributed by atoms with van der Waals surface area (Å²) >= 11 is 0. The number of ether oxygens (including phenoxy) is 2. The third kappa shape index (κ3) is 1.64. The van der Waals surface area contributed by atoms with E-state index in [4.69, 9.17) is 9.47 Å². The lowest BCUT2D eigenvalue weighted by Crippen LogP contribution is -2.64. The van der Waals surface area contributed by atoms with Crippen LogP contribution in [0, 0.1) is 5.41 Å². The molecule has 1 aliphatic heterocycles. The van der Waals surface area contributed by atoms with Gasteiger partial charge in [-0.3, -0.25) is 4.79 Å². The van der Waals surface area contributed by atoms with Gasteiger partial charge in [-0.25, -0.2) is 0 Å². The maximum Gasteiger partial charge on any atom is 0.314 e. The second-order valence-electron chi connectivity index (χ2n) is 5.01. The minimum Gasteiger partial charge on any atom is -0.469 e. The van der Waals surface area contributed by atoms with E-state index >= 15 is 0 Å². The molecule has 1 N–H and O–H groups in total. The lowest BCUT2D eigenvalue weighted by atomic mass is 9.65. The first-order valence-corrected chi connectivity index (χ1v) is 6.03. The van der Waals surface area contributed by atoms with Gasteiger partial charge in [-0.15, -0.1) is 0 Å². The fraction of sp³-hybridized carbons (Fsp3) is 0.917. The Morgan fingerprint density at radius 2 is 1.75 bits per heavy atom. The lowest BCUT2D eigenvalue weighted by molar-refractivity contribution is -0.248. The van der Waals surface area contributed by atoms with Crippen LogP contribution >= 0.6 is 0 Å². The van der Waals surface area contributed by atoms with Crippen LogP contribution < -0.4 is 0 Å². The Balaban J connectivity index is 2.26. The Hall–Kier alpha value is -0.610. The van der Waals surface area contributed by atoms with Gasteiger partial charge < -0.3 is 14.6 Å². The van der Waals surface area contributed by atoms with Gasteiger partial charge in [-0.2, -0.15) is 0 Å². The van der Waals surface area contributed by atoms with Gasteiger partial charge in [0.25, 0.3) is 0 Å².